The van der Waals surface area contributed by atoms with Gasteiger partial charge in [0.1, 0.15) is 0 Å². The number of hydrogen-bond donors (Lipinski definition) is 0. The Labute approximate surface area is 81.3 Å². The molecule has 0 aliphatic carbocycles. The van der Waals surface area contributed by atoms with Gasteiger partial charge in [-0.25, -0.2) is 4.21 Å². The van der Waals surface area contributed by atoms with E-state index in [0.717, 1.165) is 10.6 Å². The summed E-state index contributed by atoms with van der Waals surface area (Å²) in [4.78, 5) is 2.75. The Hall–Kier alpha value is -1.09. The van der Waals surface area contributed by atoms with E-state index in [2.05, 4.69) is 6.58 Å². The topological polar surface area (TPSA) is 20.3 Å². The Bertz CT molecular complexity index is 333. The van der Waals surface area contributed by atoms with Crippen LogP contribution in [0.3, 0.4) is 0 Å². The third-order valence-electron chi connectivity index (χ3n) is 1.72. The van der Waals surface area contributed by atoms with Crippen molar-refractivity contribution in [2.75, 3.05) is 19.0 Å². The molecule has 0 aliphatic heterocycles. The molecule has 0 aromatic heterocycles. The van der Waals surface area contributed by atoms with Gasteiger partial charge in [0.15, 0.2) is 0 Å². The van der Waals surface area contributed by atoms with E-state index in [1.54, 1.807) is 0 Å². The van der Waals surface area contributed by atoms with Crippen molar-refractivity contribution in [3.63, 3.8) is 0 Å². The van der Waals surface area contributed by atoms with Gasteiger partial charge in [-0.05, 0) is 12.1 Å². The van der Waals surface area contributed by atoms with Gasteiger partial charge in [-0.15, -0.1) is 0 Å². The van der Waals surface area contributed by atoms with Crippen molar-refractivity contribution in [2.45, 2.75) is 4.90 Å². The van der Waals surface area contributed by atoms with Crippen molar-refractivity contribution in [2.24, 2.45) is 0 Å². The van der Waals surface area contributed by atoms with E-state index in [1.165, 1.54) is 5.41 Å². The predicted octanol–water partition coefficient (Wildman–Crippen LogP) is 2.00. The molecule has 0 bridgehead atoms. The summed E-state index contributed by atoms with van der Waals surface area (Å²) in [5, 5.41) is 1.45. The molecule has 70 valence electrons. The zero-order valence-electron chi connectivity index (χ0n) is 7.86. The molecule has 0 saturated heterocycles. The molecule has 2 nitrogen and oxygen atoms in total. The van der Waals surface area contributed by atoms with Crippen molar-refractivity contribution in [3.8, 4) is 0 Å². The number of nitrogens with zero attached hydrogens (tertiary/aromatic N) is 1. The van der Waals surface area contributed by atoms with E-state index in [1.807, 2.05) is 43.3 Å². The summed E-state index contributed by atoms with van der Waals surface area (Å²) < 4.78 is 11.5. The minimum absolute atomic E-state index is 0.808. The van der Waals surface area contributed by atoms with Gasteiger partial charge in [0.2, 0.25) is 0 Å². The van der Waals surface area contributed by atoms with Crippen molar-refractivity contribution >= 4 is 16.5 Å². The first-order chi connectivity index (χ1) is 6.16. The summed E-state index contributed by atoms with van der Waals surface area (Å²) in [5.41, 5.74) is 0.973. The number of para-hydroxylation sites is 1. The second kappa shape index (κ2) is 4.23. The van der Waals surface area contributed by atoms with Gasteiger partial charge in [-0.2, -0.15) is 0 Å². The van der Waals surface area contributed by atoms with Gasteiger partial charge < -0.3 is 4.90 Å². The third kappa shape index (κ3) is 2.18. The van der Waals surface area contributed by atoms with Gasteiger partial charge >= 0.3 is 0 Å². The van der Waals surface area contributed by atoms with E-state index in [4.69, 9.17) is 0 Å². The molecule has 0 fully saturated rings. The lowest BCUT2D eigenvalue weighted by atomic mass is 10.3. The SMILES string of the molecule is C=CS(=O)c1ccccc1N(C)C. The minimum atomic E-state index is -1.10. The number of rotatable bonds is 3. The Morgan fingerprint density at radius 2 is 2.00 bits per heavy atom. The quantitative estimate of drug-likeness (QED) is 0.735. The normalized spacial score (nSPS) is 12.2. The molecule has 0 radical (unpaired) electrons. The van der Waals surface area contributed by atoms with Crippen LogP contribution in [0.15, 0.2) is 41.1 Å². The molecule has 1 atom stereocenters. The third-order valence-corrected chi connectivity index (χ3v) is 2.80. The van der Waals surface area contributed by atoms with Crippen LogP contribution in [0.25, 0.3) is 0 Å². The van der Waals surface area contributed by atoms with E-state index < -0.39 is 10.8 Å². The molecule has 1 aromatic rings. The van der Waals surface area contributed by atoms with Crippen LogP contribution < -0.4 is 4.90 Å². The van der Waals surface area contributed by atoms with Crippen LogP contribution in [0.5, 0.6) is 0 Å². The summed E-state index contributed by atoms with van der Waals surface area (Å²) in [6, 6.07) is 7.60. The fraction of sp³-hybridized carbons (Fsp3) is 0.200. The van der Waals surface area contributed by atoms with Crippen LogP contribution in [0.4, 0.5) is 5.69 Å². The van der Waals surface area contributed by atoms with Crippen molar-refractivity contribution in [3.05, 3.63) is 36.3 Å². The Morgan fingerprint density at radius 1 is 1.38 bits per heavy atom. The monoisotopic (exact) mass is 195 g/mol. The molecule has 0 N–H and O–H groups in total. The lowest BCUT2D eigenvalue weighted by molar-refractivity contribution is 0.688. The fourth-order valence-electron chi connectivity index (χ4n) is 1.09. The number of hydrogen-bond acceptors (Lipinski definition) is 2. The maximum absolute atomic E-state index is 11.5. The second-order valence-corrected chi connectivity index (χ2v) is 4.19. The summed E-state index contributed by atoms with van der Waals surface area (Å²) in [7, 11) is 2.76. The first-order valence-electron chi connectivity index (χ1n) is 3.96. The van der Waals surface area contributed by atoms with Gasteiger partial charge in [0.05, 0.1) is 21.4 Å². The first-order valence-corrected chi connectivity index (χ1v) is 5.17. The summed E-state index contributed by atoms with van der Waals surface area (Å²) >= 11 is 0. The zero-order valence-corrected chi connectivity index (χ0v) is 8.67. The molecule has 0 aliphatic rings. The van der Waals surface area contributed by atoms with Crippen LogP contribution in [0.1, 0.15) is 0 Å². The molecule has 13 heavy (non-hydrogen) atoms. The van der Waals surface area contributed by atoms with Gasteiger partial charge in [0.25, 0.3) is 0 Å². The second-order valence-electron chi connectivity index (χ2n) is 2.83. The summed E-state index contributed by atoms with van der Waals surface area (Å²) in [6.45, 7) is 3.52. The largest absolute Gasteiger partial charge is 0.377 e. The van der Waals surface area contributed by atoms with E-state index in [0.29, 0.717) is 0 Å². The highest BCUT2D eigenvalue weighted by Crippen LogP contribution is 2.21. The molecule has 1 rings (SSSR count). The standard InChI is InChI=1S/C10H13NOS/c1-4-13(12)10-8-6-5-7-9(10)11(2)3/h4-8H,1H2,2-3H3. The van der Waals surface area contributed by atoms with Crippen molar-refractivity contribution < 1.29 is 4.21 Å². The van der Waals surface area contributed by atoms with E-state index in [9.17, 15) is 4.21 Å². The van der Waals surface area contributed by atoms with Crippen LogP contribution >= 0.6 is 0 Å². The highest BCUT2D eigenvalue weighted by molar-refractivity contribution is 7.88. The Balaban J connectivity index is 3.19. The van der Waals surface area contributed by atoms with Crippen LogP contribution in [-0.4, -0.2) is 18.3 Å². The van der Waals surface area contributed by atoms with Crippen molar-refractivity contribution in [1.29, 1.82) is 0 Å². The first kappa shape index (κ1) is 9.99. The molecular formula is C10H13NOS. The number of anilines is 1. The van der Waals surface area contributed by atoms with E-state index >= 15 is 0 Å². The smallest absolute Gasteiger partial charge is 0.0791 e. The molecule has 1 unspecified atom stereocenters. The van der Waals surface area contributed by atoms with Crippen LogP contribution in [0.2, 0.25) is 0 Å². The molecule has 3 heteroatoms. The van der Waals surface area contributed by atoms with E-state index in [-0.39, 0.29) is 0 Å². The summed E-state index contributed by atoms with van der Waals surface area (Å²) in [6.07, 6.45) is 0. The molecular weight excluding hydrogens is 182 g/mol. The molecule has 0 saturated carbocycles. The maximum atomic E-state index is 11.5. The minimum Gasteiger partial charge on any atom is -0.377 e. The zero-order chi connectivity index (χ0) is 9.84. The molecule has 0 amide bonds. The molecule has 1 aromatic carbocycles. The lowest BCUT2D eigenvalue weighted by Gasteiger charge is -2.15. The molecule has 0 spiro atoms. The lowest BCUT2D eigenvalue weighted by Crippen LogP contribution is -2.11. The van der Waals surface area contributed by atoms with Crippen LogP contribution in [0, 0.1) is 0 Å². The van der Waals surface area contributed by atoms with Gasteiger partial charge in [-0.3, -0.25) is 0 Å². The highest BCUT2D eigenvalue weighted by Gasteiger charge is 2.06. The summed E-state index contributed by atoms with van der Waals surface area (Å²) in [5.74, 6) is 0. The van der Waals surface area contributed by atoms with Gasteiger partial charge in [-0.1, -0.05) is 18.7 Å². The van der Waals surface area contributed by atoms with Crippen molar-refractivity contribution in [1.82, 2.24) is 0 Å². The van der Waals surface area contributed by atoms with Crippen LogP contribution in [-0.2, 0) is 10.8 Å². The maximum Gasteiger partial charge on any atom is 0.0791 e. The fourth-order valence-corrected chi connectivity index (χ4v) is 1.94. The average molecular weight is 195 g/mol. The number of benzene rings is 1. The predicted molar refractivity (Wildman–Crippen MR) is 57.4 cm³/mol. The Morgan fingerprint density at radius 3 is 2.54 bits per heavy atom. The molecule has 0 heterocycles. The average Bonchev–Trinajstić information content (AvgIpc) is 2.16. The Kier molecular flexibility index (Phi) is 3.25. The highest BCUT2D eigenvalue weighted by atomic mass is 32.2. The van der Waals surface area contributed by atoms with Gasteiger partial charge in [0, 0.05) is 19.5 Å².